The highest BCUT2D eigenvalue weighted by atomic mass is 19.3. The molecule has 7 heteroatoms. The zero-order valence-corrected chi connectivity index (χ0v) is 10.5. The lowest BCUT2D eigenvalue weighted by atomic mass is 9.91. The summed E-state index contributed by atoms with van der Waals surface area (Å²) in [7, 11) is 1.76. The van der Waals surface area contributed by atoms with Gasteiger partial charge in [-0.05, 0) is 12.8 Å². The van der Waals surface area contributed by atoms with Crippen molar-refractivity contribution in [2.45, 2.75) is 37.6 Å². The second kappa shape index (κ2) is 5.07. The van der Waals surface area contributed by atoms with Gasteiger partial charge in [0.1, 0.15) is 5.82 Å². The Hall–Kier alpha value is -1.79. The van der Waals surface area contributed by atoms with Crippen molar-refractivity contribution in [3.8, 4) is 0 Å². The Morgan fingerprint density at radius 3 is 2.47 bits per heavy atom. The van der Waals surface area contributed by atoms with E-state index in [2.05, 4.69) is 9.97 Å². The number of rotatable bonds is 3. The fourth-order valence-electron chi connectivity index (χ4n) is 2.21. The maximum Gasteiger partial charge on any atom is 0.356 e. The van der Waals surface area contributed by atoms with E-state index in [4.69, 9.17) is 5.11 Å². The van der Waals surface area contributed by atoms with Gasteiger partial charge in [0.15, 0.2) is 5.69 Å². The molecule has 1 saturated carbocycles. The third-order valence-corrected chi connectivity index (χ3v) is 3.45. The van der Waals surface area contributed by atoms with Gasteiger partial charge in [0.05, 0.1) is 12.4 Å². The molecule has 1 aliphatic rings. The van der Waals surface area contributed by atoms with Gasteiger partial charge in [-0.1, -0.05) is 0 Å². The highest BCUT2D eigenvalue weighted by Gasteiger charge is 2.36. The first-order valence-corrected chi connectivity index (χ1v) is 6.05. The average molecular weight is 271 g/mol. The van der Waals surface area contributed by atoms with Crippen molar-refractivity contribution in [3.05, 3.63) is 18.1 Å². The molecule has 1 heterocycles. The summed E-state index contributed by atoms with van der Waals surface area (Å²) < 4.78 is 26.1. The van der Waals surface area contributed by atoms with Gasteiger partial charge >= 0.3 is 5.97 Å². The van der Waals surface area contributed by atoms with Crippen LogP contribution >= 0.6 is 0 Å². The van der Waals surface area contributed by atoms with Crippen LogP contribution in [0.2, 0.25) is 0 Å². The van der Waals surface area contributed by atoms with Gasteiger partial charge in [-0.25, -0.2) is 23.5 Å². The van der Waals surface area contributed by atoms with Gasteiger partial charge < -0.3 is 10.0 Å². The summed E-state index contributed by atoms with van der Waals surface area (Å²) in [4.78, 5) is 20.2. The smallest absolute Gasteiger partial charge is 0.356 e. The number of carboxylic acids is 1. The number of carbonyl (C=O) groups is 1. The van der Waals surface area contributed by atoms with Crippen LogP contribution in [-0.2, 0) is 0 Å². The lowest BCUT2D eigenvalue weighted by Crippen LogP contribution is -2.39. The van der Waals surface area contributed by atoms with Crippen molar-refractivity contribution in [3.63, 3.8) is 0 Å². The van der Waals surface area contributed by atoms with Crippen molar-refractivity contribution in [2.75, 3.05) is 11.9 Å². The summed E-state index contributed by atoms with van der Waals surface area (Å²) >= 11 is 0. The van der Waals surface area contributed by atoms with Gasteiger partial charge in [0.2, 0.25) is 5.92 Å². The molecule has 1 aromatic rings. The molecule has 1 N–H and O–H groups in total. The SMILES string of the molecule is CN(c1cnc(C(=O)O)cn1)C1CCC(F)(F)CC1. The van der Waals surface area contributed by atoms with E-state index in [1.165, 1.54) is 12.4 Å². The summed E-state index contributed by atoms with van der Waals surface area (Å²) in [5, 5.41) is 8.72. The van der Waals surface area contributed by atoms with Crippen LogP contribution < -0.4 is 4.90 Å². The molecule has 0 spiro atoms. The predicted octanol–water partition coefficient (Wildman–Crippen LogP) is 2.19. The minimum atomic E-state index is -2.56. The van der Waals surface area contributed by atoms with Crippen LogP contribution in [0.5, 0.6) is 0 Å². The normalized spacial score (nSPS) is 19.1. The summed E-state index contributed by atoms with van der Waals surface area (Å²) in [6, 6.07) is -0.00963. The highest BCUT2D eigenvalue weighted by molar-refractivity contribution is 5.84. The Bertz CT molecular complexity index is 455. The van der Waals surface area contributed by atoms with Gasteiger partial charge in [-0.15, -0.1) is 0 Å². The average Bonchev–Trinajstić information content (AvgIpc) is 2.38. The first kappa shape index (κ1) is 13.6. The second-order valence-corrected chi connectivity index (χ2v) is 4.76. The molecular formula is C12H15F2N3O2. The molecule has 0 atom stereocenters. The van der Waals surface area contributed by atoms with E-state index in [-0.39, 0.29) is 24.6 Å². The lowest BCUT2D eigenvalue weighted by Gasteiger charge is -2.34. The number of alkyl halides is 2. The third kappa shape index (κ3) is 3.15. The van der Waals surface area contributed by atoms with Crippen LogP contribution in [-0.4, -0.2) is 40.1 Å². The van der Waals surface area contributed by atoms with Crippen molar-refractivity contribution in [1.82, 2.24) is 9.97 Å². The topological polar surface area (TPSA) is 66.3 Å². The molecular weight excluding hydrogens is 256 g/mol. The first-order valence-electron chi connectivity index (χ1n) is 6.05. The maximum absolute atomic E-state index is 13.1. The Morgan fingerprint density at radius 2 is 2.00 bits per heavy atom. The predicted molar refractivity (Wildman–Crippen MR) is 64.6 cm³/mol. The first-order chi connectivity index (χ1) is 8.89. The molecule has 2 rings (SSSR count). The van der Waals surface area contributed by atoms with Crippen molar-refractivity contribution < 1.29 is 18.7 Å². The molecule has 1 aliphatic carbocycles. The summed E-state index contributed by atoms with van der Waals surface area (Å²) in [5.74, 6) is -3.20. The molecule has 0 unspecified atom stereocenters. The summed E-state index contributed by atoms with van der Waals surface area (Å²) in [6.07, 6.45) is 3.07. The van der Waals surface area contributed by atoms with E-state index in [9.17, 15) is 13.6 Å². The summed E-state index contributed by atoms with van der Waals surface area (Å²) in [6.45, 7) is 0. The largest absolute Gasteiger partial charge is 0.476 e. The molecule has 5 nitrogen and oxygen atoms in total. The molecule has 19 heavy (non-hydrogen) atoms. The number of carboxylic acid groups (broad SMARTS) is 1. The number of aromatic nitrogens is 2. The molecule has 0 aromatic carbocycles. The zero-order chi connectivity index (χ0) is 14.0. The highest BCUT2D eigenvalue weighted by Crippen LogP contribution is 2.35. The lowest BCUT2D eigenvalue weighted by molar-refractivity contribution is -0.0378. The van der Waals surface area contributed by atoms with E-state index in [0.717, 1.165) is 0 Å². The Labute approximate surface area is 109 Å². The Kier molecular flexibility index (Phi) is 3.64. The monoisotopic (exact) mass is 271 g/mol. The van der Waals surface area contributed by atoms with Crippen LogP contribution in [0, 0.1) is 0 Å². The molecule has 1 fully saturated rings. The number of anilines is 1. The van der Waals surface area contributed by atoms with E-state index in [1.54, 1.807) is 11.9 Å². The van der Waals surface area contributed by atoms with Crippen LogP contribution in [0.25, 0.3) is 0 Å². The van der Waals surface area contributed by atoms with E-state index >= 15 is 0 Å². The Balaban J connectivity index is 2.03. The second-order valence-electron chi connectivity index (χ2n) is 4.76. The quantitative estimate of drug-likeness (QED) is 0.912. The van der Waals surface area contributed by atoms with Gasteiger partial charge in [-0.2, -0.15) is 0 Å². The molecule has 0 radical (unpaired) electrons. The fourth-order valence-corrected chi connectivity index (χ4v) is 2.21. The van der Waals surface area contributed by atoms with Crippen molar-refractivity contribution in [1.29, 1.82) is 0 Å². The van der Waals surface area contributed by atoms with Gasteiger partial charge in [-0.3, -0.25) is 0 Å². The van der Waals surface area contributed by atoms with E-state index in [1.807, 2.05) is 0 Å². The Morgan fingerprint density at radius 1 is 1.37 bits per heavy atom. The third-order valence-electron chi connectivity index (χ3n) is 3.45. The molecule has 0 saturated heterocycles. The number of halogens is 2. The molecule has 1 aromatic heterocycles. The molecule has 0 aliphatic heterocycles. The van der Waals surface area contributed by atoms with Crippen LogP contribution in [0.15, 0.2) is 12.4 Å². The number of hydrogen-bond acceptors (Lipinski definition) is 4. The van der Waals surface area contributed by atoms with Crippen LogP contribution in [0.1, 0.15) is 36.2 Å². The van der Waals surface area contributed by atoms with Gasteiger partial charge in [0, 0.05) is 25.9 Å². The minimum Gasteiger partial charge on any atom is -0.476 e. The molecule has 0 bridgehead atoms. The number of hydrogen-bond donors (Lipinski definition) is 1. The van der Waals surface area contributed by atoms with E-state index in [0.29, 0.717) is 18.7 Å². The van der Waals surface area contributed by atoms with Crippen molar-refractivity contribution >= 4 is 11.8 Å². The van der Waals surface area contributed by atoms with Crippen LogP contribution in [0.3, 0.4) is 0 Å². The van der Waals surface area contributed by atoms with Crippen molar-refractivity contribution in [2.24, 2.45) is 0 Å². The number of nitrogens with zero attached hydrogens (tertiary/aromatic N) is 3. The number of aromatic carboxylic acids is 1. The minimum absolute atomic E-state index is 0.00963. The van der Waals surface area contributed by atoms with Crippen LogP contribution in [0.4, 0.5) is 14.6 Å². The standard InChI is InChI=1S/C12H15F2N3O2/c1-17(8-2-4-12(13,14)5-3-8)10-7-15-9(6-16-10)11(18)19/h6-8H,2-5H2,1H3,(H,18,19). The molecule has 104 valence electrons. The van der Waals surface area contributed by atoms with Gasteiger partial charge in [0.25, 0.3) is 0 Å². The maximum atomic E-state index is 13.1. The summed E-state index contributed by atoms with van der Waals surface area (Å²) in [5.41, 5.74) is -0.132. The van der Waals surface area contributed by atoms with E-state index < -0.39 is 11.9 Å². The fraction of sp³-hybridized carbons (Fsp3) is 0.583. The zero-order valence-electron chi connectivity index (χ0n) is 10.5. The molecule has 0 amide bonds.